The zero-order valence-electron chi connectivity index (χ0n) is 10.4. The highest BCUT2D eigenvalue weighted by molar-refractivity contribution is 5.89. The molecule has 94 valence electrons. The minimum Gasteiger partial charge on any atom is -0.444 e. The molecule has 17 heavy (non-hydrogen) atoms. The van der Waals surface area contributed by atoms with Crippen LogP contribution in [-0.4, -0.2) is 11.7 Å². The number of hydrogen-bond donors (Lipinski definition) is 2. The van der Waals surface area contributed by atoms with Crippen LogP contribution >= 0.6 is 0 Å². The number of rotatable bonds is 1. The van der Waals surface area contributed by atoms with Crippen LogP contribution in [0.1, 0.15) is 26.3 Å². The predicted octanol–water partition coefficient (Wildman–Crippen LogP) is 3.06. The topological polar surface area (TPSA) is 64.3 Å². The summed E-state index contributed by atoms with van der Waals surface area (Å²) in [6, 6.07) is 2.65. The molecule has 0 fully saturated rings. The van der Waals surface area contributed by atoms with Gasteiger partial charge in [-0.1, -0.05) is 0 Å². The number of ether oxygens (including phenoxy) is 1. The van der Waals surface area contributed by atoms with Gasteiger partial charge in [0.2, 0.25) is 0 Å². The summed E-state index contributed by atoms with van der Waals surface area (Å²) in [5.41, 5.74) is 5.95. The maximum Gasteiger partial charge on any atom is 0.412 e. The van der Waals surface area contributed by atoms with Gasteiger partial charge in [0.05, 0.1) is 11.4 Å². The lowest BCUT2D eigenvalue weighted by atomic mass is 10.1. The van der Waals surface area contributed by atoms with Gasteiger partial charge in [0.15, 0.2) is 0 Å². The molecule has 3 N–H and O–H groups in total. The number of nitrogens with two attached hydrogens (primary N) is 1. The van der Waals surface area contributed by atoms with Gasteiger partial charge in [0.25, 0.3) is 0 Å². The number of benzene rings is 1. The normalized spacial score (nSPS) is 11.1. The van der Waals surface area contributed by atoms with Crippen LogP contribution in [0.5, 0.6) is 0 Å². The van der Waals surface area contributed by atoms with Crippen LogP contribution in [0.4, 0.5) is 20.6 Å². The average Bonchev–Trinajstić information content (AvgIpc) is 2.16. The molecule has 0 aliphatic carbocycles. The van der Waals surface area contributed by atoms with E-state index in [-0.39, 0.29) is 5.69 Å². The molecule has 0 saturated carbocycles. The molecule has 1 rings (SSSR count). The van der Waals surface area contributed by atoms with E-state index in [1.165, 1.54) is 12.1 Å². The molecule has 5 heteroatoms. The number of halogens is 1. The van der Waals surface area contributed by atoms with Crippen LogP contribution in [0.2, 0.25) is 0 Å². The molecule has 0 unspecified atom stereocenters. The van der Waals surface area contributed by atoms with Crippen LogP contribution in [0.25, 0.3) is 0 Å². The highest BCUT2D eigenvalue weighted by Gasteiger charge is 2.17. The van der Waals surface area contributed by atoms with Gasteiger partial charge in [-0.2, -0.15) is 0 Å². The van der Waals surface area contributed by atoms with E-state index < -0.39 is 17.5 Å². The smallest absolute Gasteiger partial charge is 0.412 e. The maximum atomic E-state index is 13.1. The summed E-state index contributed by atoms with van der Waals surface area (Å²) in [5.74, 6) is -0.405. The largest absolute Gasteiger partial charge is 0.444 e. The molecule has 0 saturated heterocycles. The third-order valence-corrected chi connectivity index (χ3v) is 2.08. The highest BCUT2D eigenvalue weighted by Crippen LogP contribution is 2.25. The van der Waals surface area contributed by atoms with Gasteiger partial charge < -0.3 is 10.5 Å². The Morgan fingerprint density at radius 3 is 2.53 bits per heavy atom. The Balaban J connectivity index is 2.83. The molecule has 0 aliphatic heterocycles. The average molecular weight is 240 g/mol. The first kappa shape index (κ1) is 13.3. The summed E-state index contributed by atoms with van der Waals surface area (Å²) in [6.45, 7) is 6.81. The third-order valence-electron chi connectivity index (χ3n) is 2.08. The van der Waals surface area contributed by atoms with Gasteiger partial charge in [0.1, 0.15) is 11.4 Å². The van der Waals surface area contributed by atoms with Crippen LogP contribution < -0.4 is 11.1 Å². The van der Waals surface area contributed by atoms with Crippen molar-refractivity contribution < 1.29 is 13.9 Å². The van der Waals surface area contributed by atoms with Gasteiger partial charge in [-0.25, -0.2) is 9.18 Å². The van der Waals surface area contributed by atoms with Crippen molar-refractivity contribution in [3.8, 4) is 0 Å². The lowest BCUT2D eigenvalue weighted by Crippen LogP contribution is -2.27. The van der Waals surface area contributed by atoms with Crippen molar-refractivity contribution in [3.63, 3.8) is 0 Å². The van der Waals surface area contributed by atoms with E-state index >= 15 is 0 Å². The first-order chi connectivity index (χ1) is 7.70. The van der Waals surface area contributed by atoms with E-state index in [1.54, 1.807) is 27.7 Å². The van der Waals surface area contributed by atoms with E-state index in [0.717, 1.165) is 0 Å². The minimum absolute atomic E-state index is 0.204. The van der Waals surface area contributed by atoms with Gasteiger partial charge in [-0.15, -0.1) is 0 Å². The maximum absolute atomic E-state index is 13.1. The molecule has 1 aromatic rings. The van der Waals surface area contributed by atoms with Crippen molar-refractivity contribution >= 4 is 17.5 Å². The monoisotopic (exact) mass is 240 g/mol. The molecule has 0 bridgehead atoms. The van der Waals surface area contributed by atoms with E-state index in [9.17, 15) is 9.18 Å². The van der Waals surface area contributed by atoms with Crippen molar-refractivity contribution in [2.24, 2.45) is 0 Å². The Hall–Kier alpha value is -1.78. The second kappa shape index (κ2) is 4.61. The van der Waals surface area contributed by atoms with Crippen LogP contribution in [-0.2, 0) is 4.74 Å². The Morgan fingerprint density at radius 1 is 1.41 bits per heavy atom. The molecule has 0 aromatic heterocycles. The van der Waals surface area contributed by atoms with E-state index in [1.807, 2.05) is 0 Å². The zero-order valence-corrected chi connectivity index (χ0v) is 10.4. The lowest BCUT2D eigenvalue weighted by molar-refractivity contribution is 0.0636. The molecule has 0 aliphatic rings. The van der Waals surface area contributed by atoms with Crippen molar-refractivity contribution in [1.82, 2.24) is 0 Å². The van der Waals surface area contributed by atoms with E-state index in [4.69, 9.17) is 10.5 Å². The fourth-order valence-electron chi connectivity index (χ4n) is 1.22. The lowest BCUT2D eigenvalue weighted by Gasteiger charge is -2.20. The van der Waals surface area contributed by atoms with Crippen LogP contribution in [0.3, 0.4) is 0 Å². The fraction of sp³-hybridized carbons (Fsp3) is 0.417. The first-order valence-corrected chi connectivity index (χ1v) is 5.25. The second-order valence-corrected chi connectivity index (χ2v) is 4.76. The zero-order chi connectivity index (χ0) is 13.2. The van der Waals surface area contributed by atoms with Crippen molar-refractivity contribution in [2.45, 2.75) is 33.3 Å². The van der Waals surface area contributed by atoms with E-state index in [2.05, 4.69) is 5.32 Å². The summed E-state index contributed by atoms with van der Waals surface area (Å²) in [5, 5.41) is 2.48. The summed E-state index contributed by atoms with van der Waals surface area (Å²) >= 11 is 0. The number of anilines is 2. The molecule has 0 heterocycles. The highest BCUT2D eigenvalue weighted by atomic mass is 19.1. The van der Waals surface area contributed by atoms with Gasteiger partial charge in [-0.05, 0) is 39.8 Å². The number of carbonyl (C=O) groups excluding carboxylic acids is 1. The number of nitrogen functional groups attached to an aromatic ring is 1. The number of hydrogen-bond acceptors (Lipinski definition) is 3. The number of carbonyl (C=O) groups is 1. The van der Waals surface area contributed by atoms with E-state index in [0.29, 0.717) is 11.3 Å². The van der Waals surface area contributed by atoms with Crippen molar-refractivity contribution in [2.75, 3.05) is 11.1 Å². The summed E-state index contributed by atoms with van der Waals surface area (Å²) in [6.07, 6.45) is -0.616. The van der Waals surface area contributed by atoms with Crippen LogP contribution in [0, 0.1) is 12.7 Å². The molecule has 1 aromatic carbocycles. The SMILES string of the molecule is Cc1c(F)ccc(NC(=O)OC(C)(C)C)c1N. The van der Waals surface area contributed by atoms with Crippen LogP contribution in [0.15, 0.2) is 12.1 Å². The predicted molar refractivity (Wildman–Crippen MR) is 65.4 cm³/mol. The van der Waals surface area contributed by atoms with Crippen molar-refractivity contribution in [1.29, 1.82) is 0 Å². The molecule has 0 spiro atoms. The molecule has 4 nitrogen and oxygen atoms in total. The van der Waals surface area contributed by atoms with Gasteiger partial charge in [-0.3, -0.25) is 5.32 Å². The quantitative estimate of drug-likeness (QED) is 0.741. The standard InChI is InChI=1S/C12H17FN2O2/c1-7-8(13)5-6-9(10(7)14)15-11(16)17-12(2,3)4/h5-6H,14H2,1-4H3,(H,15,16). The Kier molecular flexibility index (Phi) is 3.60. The Morgan fingerprint density at radius 2 is 2.00 bits per heavy atom. The first-order valence-electron chi connectivity index (χ1n) is 5.25. The Labute approximate surface area is 100.0 Å². The molecule has 1 amide bonds. The summed E-state index contributed by atoms with van der Waals surface area (Å²) in [4.78, 5) is 11.5. The Bertz CT molecular complexity index is 439. The molecule has 0 radical (unpaired) electrons. The summed E-state index contributed by atoms with van der Waals surface area (Å²) in [7, 11) is 0. The summed E-state index contributed by atoms with van der Waals surface area (Å²) < 4.78 is 18.2. The van der Waals surface area contributed by atoms with Gasteiger partial charge in [0, 0.05) is 5.56 Å². The molecular weight excluding hydrogens is 223 g/mol. The molecule has 0 atom stereocenters. The van der Waals surface area contributed by atoms with Gasteiger partial charge >= 0.3 is 6.09 Å². The minimum atomic E-state index is -0.616. The van der Waals surface area contributed by atoms with Crippen molar-refractivity contribution in [3.05, 3.63) is 23.5 Å². The second-order valence-electron chi connectivity index (χ2n) is 4.76. The molecular formula is C12H17FN2O2. The fourth-order valence-corrected chi connectivity index (χ4v) is 1.22. The number of nitrogens with one attached hydrogen (secondary N) is 1. The number of amides is 1. The third kappa shape index (κ3) is 3.62.